The van der Waals surface area contributed by atoms with Gasteiger partial charge < -0.3 is 14.2 Å². The van der Waals surface area contributed by atoms with Crippen molar-refractivity contribution in [1.29, 1.82) is 0 Å². The topological polar surface area (TPSA) is 78.9 Å². The van der Waals surface area contributed by atoms with Crippen LogP contribution in [0.1, 0.15) is 284 Å². The molecule has 0 amide bonds. The zero-order chi connectivity index (χ0) is 42.3. The van der Waals surface area contributed by atoms with E-state index < -0.39 is 6.10 Å². The van der Waals surface area contributed by atoms with E-state index >= 15 is 0 Å². The van der Waals surface area contributed by atoms with Crippen molar-refractivity contribution in [1.82, 2.24) is 0 Å². The zero-order valence-corrected chi connectivity index (χ0v) is 39.1. The minimum absolute atomic E-state index is 0.0674. The Bertz CT molecular complexity index is 900. The number of hydrogen-bond donors (Lipinski definition) is 0. The summed E-state index contributed by atoms with van der Waals surface area (Å²) < 4.78 is 16.8. The SMILES string of the molecule is CCCCC=CCCCCCCCC(=O)OCC(COC(=O)CCCCCCCCCCCCCC)OC(=O)CCCCCCCCCCCCCCCCCCC. The molecule has 0 aromatic carbocycles. The van der Waals surface area contributed by atoms with Crippen LogP contribution in [0.3, 0.4) is 0 Å². The summed E-state index contributed by atoms with van der Waals surface area (Å²) in [6.45, 7) is 6.62. The quantitative estimate of drug-likeness (QED) is 0.0263. The predicted molar refractivity (Wildman–Crippen MR) is 247 cm³/mol. The maximum Gasteiger partial charge on any atom is 0.306 e. The van der Waals surface area contributed by atoms with Crippen LogP contribution in [0.4, 0.5) is 0 Å². The maximum atomic E-state index is 12.8. The van der Waals surface area contributed by atoms with Gasteiger partial charge in [-0.2, -0.15) is 0 Å². The lowest BCUT2D eigenvalue weighted by atomic mass is 10.0. The van der Waals surface area contributed by atoms with Crippen LogP contribution >= 0.6 is 0 Å². The Labute approximate surface area is 360 Å². The molecule has 1 unspecified atom stereocenters. The van der Waals surface area contributed by atoms with E-state index in [2.05, 4.69) is 32.9 Å². The van der Waals surface area contributed by atoms with Gasteiger partial charge >= 0.3 is 17.9 Å². The van der Waals surface area contributed by atoms with Gasteiger partial charge in [0.15, 0.2) is 6.10 Å². The van der Waals surface area contributed by atoms with E-state index in [-0.39, 0.29) is 31.1 Å². The predicted octanol–water partition coefficient (Wildman–Crippen LogP) is 16.6. The number of esters is 3. The molecule has 0 radical (unpaired) electrons. The minimum Gasteiger partial charge on any atom is -0.462 e. The van der Waals surface area contributed by atoms with Crippen molar-refractivity contribution >= 4 is 17.9 Å². The number of hydrogen-bond acceptors (Lipinski definition) is 6. The van der Waals surface area contributed by atoms with Gasteiger partial charge in [0.05, 0.1) is 0 Å². The molecule has 0 rings (SSSR count). The number of carbonyl (C=O) groups excluding carboxylic acids is 3. The first kappa shape index (κ1) is 56.1. The number of carbonyl (C=O) groups is 3. The first-order valence-corrected chi connectivity index (χ1v) is 25.7. The third-order valence-electron chi connectivity index (χ3n) is 11.5. The number of unbranched alkanes of at least 4 members (excludes halogenated alkanes) is 34. The van der Waals surface area contributed by atoms with Gasteiger partial charge in [0, 0.05) is 19.3 Å². The summed E-state index contributed by atoms with van der Waals surface area (Å²) in [5.74, 6) is -0.862. The molecule has 0 spiro atoms. The lowest BCUT2D eigenvalue weighted by Gasteiger charge is -2.18. The molecule has 0 fully saturated rings. The molecule has 0 bridgehead atoms. The normalized spacial score (nSPS) is 12.0. The molecule has 0 aliphatic carbocycles. The molecule has 0 aromatic rings. The zero-order valence-electron chi connectivity index (χ0n) is 39.1. The first-order chi connectivity index (χ1) is 28.5. The van der Waals surface area contributed by atoms with E-state index in [4.69, 9.17) is 14.2 Å². The van der Waals surface area contributed by atoms with Crippen molar-refractivity contribution < 1.29 is 28.6 Å². The molecule has 6 nitrogen and oxygen atoms in total. The van der Waals surface area contributed by atoms with Crippen LogP contribution in [0, 0.1) is 0 Å². The van der Waals surface area contributed by atoms with Crippen LogP contribution < -0.4 is 0 Å². The maximum absolute atomic E-state index is 12.8. The van der Waals surface area contributed by atoms with Crippen molar-refractivity contribution in [2.45, 2.75) is 290 Å². The van der Waals surface area contributed by atoms with Gasteiger partial charge in [-0.05, 0) is 38.5 Å². The average molecular weight is 819 g/mol. The number of allylic oxidation sites excluding steroid dienone is 2. The van der Waals surface area contributed by atoms with E-state index in [0.717, 1.165) is 64.2 Å². The van der Waals surface area contributed by atoms with Crippen LogP contribution in [0.25, 0.3) is 0 Å². The Morgan fingerprint density at radius 1 is 0.328 bits per heavy atom. The van der Waals surface area contributed by atoms with Gasteiger partial charge in [-0.25, -0.2) is 0 Å². The van der Waals surface area contributed by atoms with Crippen molar-refractivity contribution in [3.05, 3.63) is 12.2 Å². The van der Waals surface area contributed by atoms with Crippen molar-refractivity contribution in [2.75, 3.05) is 13.2 Å². The summed E-state index contributed by atoms with van der Waals surface area (Å²) in [5, 5.41) is 0. The highest BCUT2D eigenvalue weighted by Crippen LogP contribution is 2.16. The summed E-state index contributed by atoms with van der Waals surface area (Å²) >= 11 is 0. The molecule has 0 aliphatic heterocycles. The van der Waals surface area contributed by atoms with E-state index in [0.29, 0.717) is 19.3 Å². The summed E-state index contributed by atoms with van der Waals surface area (Å²) in [7, 11) is 0. The molecule has 58 heavy (non-hydrogen) atoms. The third kappa shape index (κ3) is 45.2. The van der Waals surface area contributed by atoms with Crippen LogP contribution in [0.2, 0.25) is 0 Å². The van der Waals surface area contributed by atoms with Gasteiger partial charge in [0.2, 0.25) is 0 Å². The molecular weight excluding hydrogens is 721 g/mol. The van der Waals surface area contributed by atoms with E-state index in [9.17, 15) is 14.4 Å². The monoisotopic (exact) mass is 819 g/mol. The highest BCUT2D eigenvalue weighted by molar-refractivity contribution is 5.71. The summed E-state index contributed by atoms with van der Waals surface area (Å²) in [5.41, 5.74) is 0. The first-order valence-electron chi connectivity index (χ1n) is 25.7. The van der Waals surface area contributed by atoms with Crippen LogP contribution in [-0.2, 0) is 28.6 Å². The van der Waals surface area contributed by atoms with Crippen LogP contribution in [-0.4, -0.2) is 37.2 Å². The van der Waals surface area contributed by atoms with Crippen molar-refractivity contribution in [3.63, 3.8) is 0 Å². The summed E-state index contributed by atoms with van der Waals surface area (Å²) in [6, 6.07) is 0. The summed E-state index contributed by atoms with van der Waals surface area (Å²) in [6.07, 6.45) is 51.9. The number of rotatable bonds is 47. The highest BCUT2D eigenvalue weighted by Gasteiger charge is 2.19. The molecule has 0 saturated carbocycles. The molecule has 342 valence electrons. The fourth-order valence-corrected chi connectivity index (χ4v) is 7.60. The molecule has 1 atom stereocenters. The molecule has 0 heterocycles. The van der Waals surface area contributed by atoms with Gasteiger partial charge in [0.1, 0.15) is 13.2 Å². The van der Waals surface area contributed by atoms with Gasteiger partial charge in [0.25, 0.3) is 0 Å². The Balaban J connectivity index is 4.30. The molecular formula is C52H98O6. The molecule has 6 heteroatoms. The fourth-order valence-electron chi connectivity index (χ4n) is 7.60. The molecule has 0 aromatic heterocycles. The fraction of sp³-hybridized carbons (Fsp3) is 0.904. The molecule has 0 saturated heterocycles. The standard InChI is InChI=1S/C52H98O6/c1-4-7-10-13-16-19-22-24-25-26-27-28-31-34-37-40-43-46-52(55)58-49(47-56-50(53)44-41-38-35-32-29-21-18-15-12-9-6-3)48-57-51(54)45-42-39-36-33-30-23-20-17-14-11-8-5-2/h15,18,49H,4-14,16-17,19-48H2,1-3H3. The smallest absolute Gasteiger partial charge is 0.306 e. The van der Waals surface area contributed by atoms with Crippen molar-refractivity contribution in [3.8, 4) is 0 Å². The minimum atomic E-state index is -0.765. The van der Waals surface area contributed by atoms with Crippen LogP contribution in [0.15, 0.2) is 12.2 Å². The third-order valence-corrected chi connectivity index (χ3v) is 11.5. The highest BCUT2D eigenvalue weighted by atomic mass is 16.6. The second-order valence-electron chi connectivity index (χ2n) is 17.4. The molecule has 0 aliphatic rings. The largest absolute Gasteiger partial charge is 0.462 e. The lowest BCUT2D eigenvalue weighted by molar-refractivity contribution is -0.167. The Morgan fingerprint density at radius 2 is 0.586 bits per heavy atom. The Morgan fingerprint density at radius 3 is 0.914 bits per heavy atom. The lowest BCUT2D eigenvalue weighted by Crippen LogP contribution is -2.30. The van der Waals surface area contributed by atoms with Gasteiger partial charge in [-0.3, -0.25) is 14.4 Å². The Kier molecular flexibility index (Phi) is 46.3. The number of ether oxygens (including phenoxy) is 3. The van der Waals surface area contributed by atoms with E-state index in [1.165, 1.54) is 180 Å². The summed E-state index contributed by atoms with van der Waals surface area (Å²) in [4.78, 5) is 37.9. The second-order valence-corrected chi connectivity index (χ2v) is 17.4. The van der Waals surface area contributed by atoms with E-state index in [1.807, 2.05) is 0 Å². The van der Waals surface area contributed by atoms with Crippen molar-refractivity contribution in [2.24, 2.45) is 0 Å². The second kappa shape index (κ2) is 47.8. The van der Waals surface area contributed by atoms with Gasteiger partial charge in [-0.15, -0.1) is 0 Å². The Hall–Kier alpha value is -1.85. The average Bonchev–Trinajstić information content (AvgIpc) is 3.22. The van der Waals surface area contributed by atoms with E-state index in [1.54, 1.807) is 0 Å². The molecule has 0 N–H and O–H groups in total. The van der Waals surface area contributed by atoms with Crippen LogP contribution in [0.5, 0.6) is 0 Å². The van der Waals surface area contributed by atoms with Gasteiger partial charge in [-0.1, -0.05) is 238 Å².